The van der Waals surface area contributed by atoms with Crippen molar-refractivity contribution in [1.82, 2.24) is 10.2 Å². The number of benzene rings is 1. The first kappa shape index (κ1) is 16.7. The topological polar surface area (TPSA) is 69.6 Å². The van der Waals surface area contributed by atoms with Crippen LogP contribution in [0.15, 0.2) is 18.2 Å². The second-order valence-corrected chi connectivity index (χ2v) is 5.92. The second kappa shape index (κ2) is 5.85. The minimum atomic E-state index is -1.04. The molecule has 0 aliphatic carbocycles. The number of nitrogens with one attached hydrogen (secondary N) is 1. The number of nitrogens with zero attached hydrogens (tertiary/aromatic N) is 1. The number of halogens is 2. The molecule has 0 saturated carbocycles. The van der Waals surface area contributed by atoms with Crippen molar-refractivity contribution >= 4 is 24.3 Å². The molecule has 2 aliphatic heterocycles. The normalized spacial score (nSPS) is 26.7. The molecule has 2 aliphatic rings. The molecule has 2 N–H and O–H groups in total. The molecule has 7 heteroatoms. The van der Waals surface area contributed by atoms with Crippen molar-refractivity contribution < 1.29 is 19.1 Å². The molecule has 0 aromatic heterocycles. The molecule has 2 saturated heterocycles. The van der Waals surface area contributed by atoms with Gasteiger partial charge in [0.2, 0.25) is 5.91 Å². The van der Waals surface area contributed by atoms with Crippen LogP contribution in [0.5, 0.6) is 0 Å². The van der Waals surface area contributed by atoms with Crippen molar-refractivity contribution in [2.45, 2.75) is 13.5 Å². The Bertz CT molecular complexity index is 625. The van der Waals surface area contributed by atoms with E-state index < -0.39 is 17.3 Å². The molecule has 2 heterocycles. The number of hydrogen-bond donors (Lipinski definition) is 2. The summed E-state index contributed by atoms with van der Waals surface area (Å²) in [5.41, 5.74) is 0.190. The third-order valence-corrected chi connectivity index (χ3v) is 4.57. The highest BCUT2D eigenvalue weighted by Crippen LogP contribution is 2.40. The Morgan fingerprint density at radius 1 is 1.55 bits per heavy atom. The molecule has 1 amide bonds. The van der Waals surface area contributed by atoms with Gasteiger partial charge in [-0.3, -0.25) is 9.59 Å². The van der Waals surface area contributed by atoms with E-state index in [4.69, 9.17) is 0 Å². The number of aliphatic carboxylic acids is 1. The smallest absolute Gasteiger partial charge is 0.313 e. The molecular weight excluding hydrogens is 311 g/mol. The van der Waals surface area contributed by atoms with E-state index in [-0.39, 0.29) is 37.2 Å². The number of hydrogen-bond acceptors (Lipinski definition) is 3. The second-order valence-electron chi connectivity index (χ2n) is 5.92. The number of likely N-dealkylation sites (tertiary alicyclic amines) is 1. The highest BCUT2D eigenvalue weighted by Gasteiger charge is 2.59. The van der Waals surface area contributed by atoms with Gasteiger partial charge in [0, 0.05) is 26.2 Å². The Hall–Kier alpha value is -1.66. The van der Waals surface area contributed by atoms with Gasteiger partial charge >= 0.3 is 5.97 Å². The first-order chi connectivity index (χ1) is 9.94. The number of carboxylic acids is 1. The van der Waals surface area contributed by atoms with Crippen LogP contribution in [0.25, 0.3) is 0 Å². The summed E-state index contributed by atoms with van der Waals surface area (Å²) in [7, 11) is 0. The fourth-order valence-electron chi connectivity index (χ4n) is 3.27. The maximum atomic E-state index is 13.6. The molecule has 0 bridgehead atoms. The molecule has 3 rings (SSSR count). The predicted octanol–water partition coefficient (Wildman–Crippen LogP) is 1.19. The summed E-state index contributed by atoms with van der Waals surface area (Å²) in [6.07, 6.45) is 0. The van der Waals surface area contributed by atoms with Gasteiger partial charge in [0.25, 0.3) is 0 Å². The number of amides is 1. The molecular formula is C15H18ClFN2O3. The van der Waals surface area contributed by atoms with E-state index in [0.29, 0.717) is 24.2 Å². The Balaban J connectivity index is 0.00000176. The molecule has 22 heavy (non-hydrogen) atoms. The minimum Gasteiger partial charge on any atom is -0.481 e. The largest absolute Gasteiger partial charge is 0.481 e. The van der Waals surface area contributed by atoms with Crippen LogP contribution < -0.4 is 5.32 Å². The van der Waals surface area contributed by atoms with Crippen LogP contribution in [-0.4, -0.2) is 41.5 Å². The zero-order valence-corrected chi connectivity index (χ0v) is 13.0. The summed E-state index contributed by atoms with van der Waals surface area (Å²) in [4.78, 5) is 25.5. The van der Waals surface area contributed by atoms with E-state index in [2.05, 4.69) is 5.32 Å². The van der Waals surface area contributed by atoms with Gasteiger partial charge < -0.3 is 15.3 Å². The zero-order valence-electron chi connectivity index (χ0n) is 12.1. The summed E-state index contributed by atoms with van der Waals surface area (Å²) in [6, 6.07) is 4.84. The fraction of sp³-hybridized carbons (Fsp3) is 0.467. The van der Waals surface area contributed by atoms with E-state index in [1.807, 2.05) is 0 Å². The Morgan fingerprint density at radius 2 is 2.27 bits per heavy atom. The number of carboxylic acid groups (broad SMARTS) is 1. The molecule has 0 spiro atoms. The van der Waals surface area contributed by atoms with Gasteiger partial charge in [-0.05, 0) is 24.1 Å². The van der Waals surface area contributed by atoms with E-state index >= 15 is 0 Å². The highest BCUT2D eigenvalue weighted by molar-refractivity contribution is 5.92. The standard InChI is InChI=1S/C15H17FN2O3.ClH/c1-9-2-3-10(4-12(9)16)6-18-8-15(14(20)21)7-17-5-11(15)13(18)19;/h2-4,11,17H,5-8H2,1H3,(H,20,21);1H/t11-,15-;/m0./s1. The third kappa shape index (κ3) is 2.46. The molecule has 1 aromatic carbocycles. The predicted molar refractivity (Wildman–Crippen MR) is 80.2 cm³/mol. The molecule has 2 atom stereocenters. The summed E-state index contributed by atoms with van der Waals surface area (Å²) in [6.45, 7) is 2.80. The zero-order chi connectivity index (χ0) is 15.2. The van der Waals surface area contributed by atoms with Gasteiger partial charge in [0.05, 0.1) is 5.92 Å². The third-order valence-electron chi connectivity index (χ3n) is 4.57. The molecule has 0 radical (unpaired) electrons. The van der Waals surface area contributed by atoms with Crippen LogP contribution in [0.1, 0.15) is 11.1 Å². The van der Waals surface area contributed by atoms with Crippen molar-refractivity contribution in [1.29, 1.82) is 0 Å². The SMILES string of the molecule is Cc1ccc(CN2C[C@@]3(C(=O)O)CNC[C@H]3C2=O)cc1F.Cl. The van der Waals surface area contributed by atoms with E-state index in [9.17, 15) is 19.1 Å². The van der Waals surface area contributed by atoms with Crippen molar-refractivity contribution in [2.24, 2.45) is 11.3 Å². The van der Waals surface area contributed by atoms with Gasteiger partial charge in [-0.2, -0.15) is 0 Å². The monoisotopic (exact) mass is 328 g/mol. The van der Waals surface area contributed by atoms with Crippen molar-refractivity contribution in [3.8, 4) is 0 Å². The molecule has 1 aromatic rings. The summed E-state index contributed by atoms with van der Waals surface area (Å²) < 4.78 is 13.6. The van der Waals surface area contributed by atoms with Crippen LogP contribution in [0.4, 0.5) is 4.39 Å². The summed E-state index contributed by atoms with van der Waals surface area (Å²) >= 11 is 0. The quantitative estimate of drug-likeness (QED) is 0.874. The highest BCUT2D eigenvalue weighted by atomic mass is 35.5. The lowest BCUT2D eigenvalue weighted by atomic mass is 9.81. The van der Waals surface area contributed by atoms with Gasteiger partial charge in [-0.25, -0.2) is 4.39 Å². The maximum absolute atomic E-state index is 13.6. The van der Waals surface area contributed by atoms with Crippen molar-refractivity contribution in [3.63, 3.8) is 0 Å². The van der Waals surface area contributed by atoms with E-state index in [1.54, 1.807) is 19.1 Å². The Morgan fingerprint density at radius 3 is 2.86 bits per heavy atom. The van der Waals surface area contributed by atoms with Crippen LogP contribution in [0, 0.1) is 24.1 Å². The minimum absolute atomic E-state index is 0. The van der Waals surface area contributed by atoms with Crippen molar-refractivity contribution in [3.05, 3.63) is 35.1 Å². The summed E-state index contributed by atoms with van der Waals surface area (Å²) in [5, 5.41) is 12.5. The molecule has 2 fully saturated rings. The molecule has 120 valence electrons. The first-order valence-electron chi connectivity index (χ1n) is 6.92. The maximum Gasteiger partial charge on any atom is 0.313 e. The lowest BCUT2D eigenvalue weighted by Gasteiger charge is -2.22. The van der Waals surface area contributed by atoms with Gasteiger partial charge in [0.1, 0.15) is 11.2 Å². The van der Waals surface area contributed by atoms with Crippen LogP contribution in [0.3, 0.4) is 0 Å². The van der Waals surface area contributed by atoms with Crippen molar-refractivity contribution in [2.75, 3.05) is 19.6 Å². The summed E-state index contributed by atoms with van der Waals surface area (Å²) in [5.74, 6) is -1.94. The lowest BCUT2D eigenvalue weighted by Crippen LogP contribution is -2.40. The Kier molecular flexibility index (Phi) is 4.44. The van der Waals surface area contributed by atoms with Crippen LogP contribution in [0.2, 0.25) is 0 Å². The van der Waals surface area contributed by atoms with Gasteiger partial charge in [0.15, 0.2) is 0 Å². The van der Waals surface area contributed by atoms with Crippen LogP contribution in [-0.2, 0) is 16.1 Å². The van der Waals surface area contributed by atoms with E-state index in [0.717, 1.165) is 0 Å². The average Bonchev–Trinajstić information content (AvgIpc) is 2.95. The first-order valence-corrected chi connectivity index (χ1v) is 6.92. The number of carbonyl (C=O) groups excluding carboxylic acids is 1. The number of carbonyl (C=O) groups is 2. The number of rotatable bonds is 3. The number of aryl methyl sites for hydroxylation is 1. The molecule has 0 unspecified atom stereocenters. The van der Waals surface area contributed by atoms with E-state index in [1.165, 1.54) is 11.0 Å². The van der Waals surface area contributed by atoms with Gasteiger partial charge in [-0.15, -0.1) is 12.4 Å². The Labute approximate surface area is 133 Å². The fourth-order valence-corrected chi connectivity index (χ4v) is 3.27. The van der Waals surface area contributed by atoms with Crippen LogP contribution >= 0.6 is 12.4 Å². The van der Waals surface area contributed by atoms with Gasteiger partial charge in [-0.1, -0.05) is 12.1 Å². The average molecular weight is 329 g/mol. The lowest BCUT2D eigenvalue weighted by molar-refractivity contribution is -0.149. The number of fused-ring (bicyclic) bond motifs is 1. The molecule has 5 nitrogen and oxygen atoms in total.